The van der Waals surface area contributed by atoms with Crippen LogP contribution in [0, 0.1) is 0 Å². The van der Waals surface area contributed by atoms with Crippen LogP contribution in [-0.4, -0.2) is 34.2 Å². The molecule has 0 aliphatic carbocycles. The third-order valence-corrected chi connectivity index (χ3v) is 2.94. The summed E-state index contributed by atoms with van der Waals surface area (Å²) < 4.78 is 66.9. The molecule has 1 aliphatic heterocycles. The zero-order chi connectivity index (χ0) is 17.5. The lowest BCUT2D eigenvalue weighted by molar-refractivity contribution is -0.463. The van der Waals surface area contributed by atoms with Crippen LogP contribution < -0.4 is 5.43 Å². The molecule has 0 bridgehead atoms. The standard InChI is InChI=1S/C13H11F5N2O3/c1-8-7-11(22,12(14,15)23-13(16,17)18)20(19-8)10(21)9-5-3-2-4-6-9/h2-7,19,22H,1H3. The van der Waals surface area contributed by atoms with E-state index in [2.05, 4.69) is 10.2 Å². The number of hydrogen-bond acceptors (Lipinski definition) is 4. The number of aliphatic hydroxyl groups is 1. The molecule has 1 aromatic carbocycles. The average Bonchev–Trinajstić information content (AvgIpc) is 2.73. The van der Waals surface area contributed by atoms with Gasteiger partial charge in [-0.3, -0.25) is 10.2 Å². The summed E-state index contributed by atoms with van der Waals surface area (Å²) in [6.45, 7) is 1.19. The highest BCUT2D eigenvalue weighted by molar-refractivity contribution is 5.94. The van der Waals surface area contributed by atoms with E-state index in [1.165, 1.54) is 31.2 Å². The van der Waals surface area contributed by atoms with Crippen molar-refractivity contribution in [2.45, 2.75) is 25.1 Å². The Hall–Kier alpha value is -2.20. The van der Waals surface area contributed by atoms with E-state index in [1.807, 2.05) is 0 Å². The van der Waals surface area contributed by atoms with Crippen LogP contribution in [0.1, 0.15) is 17.3 Å². The zero-order valence-corrected chi connectivity index (χ0v) is 11.6. The highest BCUT2D eigenvalue weighted by Crippen LogP contribution is 2.41. The van der Waals surface area contributed by atoms with Gasteiger partial charge in [0.15, 0.2) is 0 Å². The van der Waals surface area contributed by atoms with Crippen molar-refractivity contribution in [3.8, 4) is 0 Å². The number of nitrogens with zero attached hydrogens (tertiary/aromatic N) is 1. The highest BCUT2D eigenvalue weighted by atomic mass is 19.4. The van der Waals surface area contributed by atoms with E-state index in [-0.39, 0.29) is 16.3 Å². The van der Waals surface area contributed by atoms with Gasteiger partial charge < -0.3 is 5.11 Å². The maximum absolute atomic E-state index is 13.8. The predicted molar refractivity (Wildman–Crippen MR) is 66.5 cm³/mol. The number of amides is 1. The van der Waals surface area contributed by atoms with E-state index in [0.29, 0.717) is 6.08 Å². The monoisotopic (exact) mass is 338 g/mol. The normalized spacial score (nSPS) is 21.9. The van der Waals surface area contributed by atoms with Crippen LogP contribution in [0.3, 0.4) is 0 Å². The van der Waals surface area contributed by atoms with Crippen molar-refractivity contribution < 1.29 is 36.6 Å². The molecule has 1 atom stereocenters. The Balaban J connectivity index is 2.39. The molecule has 0 fully saturated rings. The predicted octanol–water partition coefficient (Wildman–Crippen LogP) is 2.37. The van der Waals surface area contributed by atoms with Gasteiger partial charge in [0.1, 0.15) is 0 Å². The minimum atomic E-state index is -5.72. The smallest absolute Gasteiger partial charge is 0.359 e. The Labute approximate surface area is 126 Å². The second-order valence-electron chi connectivity index (χ2n) is 4.74. The van der Waals surface area contributed by atoms with E-state index in [4.69, 9.17) is 0 Å². The number of carbonyl (C=O) groups excluding carboxylic acids is 1. The fourth-order valence-electron chi connectivity index (χ4n) is 2.01. The number of alkyl halides is 5. The lowest BCUT2D eigenvalue weighted by atomic mass is 10.1. The van der Waals surface area contributed by atoms with E-state index >= 15 is 0 Å². The van der Waals surface area contributed by atoms with Gasteiger partial charge in [0, 0.05) is 11.3 Å². The third kappa shape index (κ3) is 3.27. The summed E-state index contributed by atoms with van der Waals surface area (Å²) in [5.74, 6) is -1.16. The van der Waals surface area contributed by atoms with Gasteiger partial charge in [0.25, 0.3) is 11.6 Å². The molecule has 23 heavy (non-hydrogen) atoms. The van der Waals surface area contributed by atoms with Crippen LogP contribution in [-0.2, 0) is 4.74 Å². The number of allylic oxidation sites excluding steroid dienone is 1. The molecule has 1 unspecified atom stereocenters. The first kappa shape index (κ1) is 17.2. The largest absolute Gasteiger partial charge is 0.527 e. The number of halogens is 5. The average molecular weight is 338 g/mol. The summed E-state index contributed by atoms with van der Waals surface area (Å²) >= 11 is 0. The Bertz CT molecular complexity index is 632. The molecule has 0 saturated carbocycles. The first-order valence-corrected chi connectivity index (χ1v) is 6.19. The van der Waals surface area contributed by atoms with Gasteiger partial charge in [-0.05, 0) is 25.1 Å². The van der Waals surface area contributed by atoms with E-state index < -0.39 is 24.1 Å². The van der Waals surface area contributed by atoms with Crippen LogP contribution in [0.5, 0.6) is 0 Å². The van der Waals surface area contributed by atoms with Crippen LogP contribution in [0.2, 0.25) is 0 Å². The number of benzene rings is 1. The lowest BCUT2D eigenvalue weighted by Crippen LogP contribution is -2.63. The molecule has 0 spiro atoms. The fraction of sp³-hybridized carbons (Fsp3) is 0.308. The van der Waals surface area contributed by atoms with Gasteiger partial charge in [-0.25, -0.2) is 9.75 Å². The Morgan fingerprint density at radius 2 is 1.78 bits per heavy atom. The molecule has 1 heterocycles. The molecule has 0 saturated heterocycles. The summed E-state index contributed by atoms with van der Waals surface area (Å²) in [7, 11) is 0. The zero-order valence-electron chi connectivity index (χ0n) is 11.6. The van der Waals surface area contributed by atoms with Gasteiger partial charge in [-0.1, -0.05) is 18.2 Å². The molecule has 1 aliphatic rings. The fourth-order valence-corrected chi connectivity index (χ4v) is 2.01. The van der Waals surface area contributed by atoms with Gasteiger partial charge in [0.05, 0.1) is 0 Å². The first-order valence-electron chi connectivity index (χ1n) is 6.19. The number of hydrazine groups is 1. The maximum Gasteiger partial charge on any atom is 0.527 e. The minimum Gasteiger partial charge on any atom is -0.359 e. The summed E-state index contributed by atoms with van der Waals surface area (Å²) in [4.78, 5) is 12.2. The molecule has 1 amide bonds. The van der Waals surface area contributed by atoms with Crippen molar-refractivity contribution in [3.63, 3.8) is 0 Å². The van der Waals surface area contributed by atoms with Crippen molar-refractivity contribution in [1.82, 2.24) is 10.4 Å². The first-order chi connectivity index (χ1) is 10.5. The summed E-state index contributed by atoms with van der Waals surface area (Å²) in [6.07, 6.45) is -10.5. The number of rotatable bonds is 3. The van der Waals surface area contributed by atoms with Gasteiger partial charge in [-0.2, -0.15) is 8.78 Å². The van der Waals surface area contributed by atoms with Crippen LogP contribution >= 0.6 is 0 Å². The SMILES string of the molecule is CC1=CC(O)(C(F)(F)OC(F)(F)F)N(C(=O)c2ccccc2)N1. The maximum atomic E-state index is 13.8. The molecule has 10 heteroatoms. The number of carbonyl (C=O) groups is 1. The second-order valence-corrected chi connectivity index (χ2v) is 4.74. The number of ether oxygens (including phenoxy) is 1. The Morgan fingerprint density at radius 3 is 2.30 bits per heavy atom. The number of nitrogens with one attached hydrogen (secondary N) is 1. The molecule has 2 rings (SSSR count). The van der Waals surface area contributed by atoms with Gasteiger partial charge in [-0.15, -0.1) is 13.2 Å². The Morgan fingerprint density at radius 1 is 1.22 bits per heavy atom. The van der Waals surface area contributed by atoms with Crippen molar-refractivity contribution in [3.05, 3.63) is 47.7 Å². The van der Waals surface area contributed by atoms with Crippen molar-refractivity contribution in [1.29, 1.82) is 0 Å². The molecule has 0 aromatic heterocycles. The Kier molecular flexibility index (Phi) is 4.07. The molecular weight excluding hydrogens is 327 g/mol. The van der Waals surface area contributed by atoms with Crippen LogP contribution in [0.4, 0.5) is 22.0 Å². The highest BCUT2D eigenvalue weighted by Gasteiger charge is 2.65. The molecule has 2 N–H and O–H groups in total. The minimum absolute atomic E-state index is 0.0105. The van der Waals surface area contributed by atoms with Crippen molar-refractivity contribution >= 4 is 5.91 Å². The van der Waals surface area contributed by atoms with E-state index in [1.54, 1.807) is 6.07 Å². The molecule has 5 nitrogen and oxygen atoms in total. The molecular formula is C13H11F5N2O3. The summed E-state index contributed by atoms with van der Waals surface area (Å²) in [5.41, 5.74) is -1.82. The van der Waals surface area contributed by atoms with E-state index in [0.717, 1.165) is 0 Å². The van der Waals surface area contributed by atoms with E-state index in [9.17, 15) is 31.9 Å². The van der Waals surface area contributed by atoms with Crippen LogP contribution in [0.15, 0.2) is 42.1 Å². The number of hydrogen-bond donors (Lipinski definition) is 2. The van der Waals surface area contributed by atoms with Gasteiger partial charge >= 0.3 is 12.5 Å². The van der Waals surface area contributed by atoms with Gasteiger partial charge in [0.2, 0.25) is 0 Å². The molecule has 126 valence electrons. The van der Waals surface area contributed by atoms with Crippen LogP contribution in [0.25, 0.3) is 0 Å². The summed E-state index contributed by atoms with van der Waals surface area (Å²) in [6, 6.07) is 6.90. The van der Waals surface area contributed by atoms with Crippen molar-refractivity contribution in [2.75, 3.05) is 0 Å². The quantitative estimate of drug-likeness (QED) is 0.831. The second kappa shape index (κ2) is 5.46. The summed E-state index contributed by atoms with van der Waals surface area (Å²) in [5, 5.41) is 10.0. The molecule has 0 radical (unpaired) electrons. The van der Waals surface area contributed by atoms with Crippen molar-refractivity contribution in [2.24, 2.45) is 0 Å². The topological polar surface area (TPSA) is 61.8 Å². The third-order valence-electron chi connectivity index (χ3n) is 2.94. The molecule has 1 aromatic rings. The lowest BCUT2D eigenvalue weighted by Gasteiger charge is -2.37.